The van der Waals surface area contributed by atoms with Crippen LogP contribution in [-0.2, 0) is 0 Å². The van der Waals surface area contributed by atoms with Gasteiger partial charge in [-0.1, -0.05) is 39.3 Å². The molecule has 0 radical (unpaired) electrons. The predicted octanol–water partition coefficient (Wildman–Crippen LogP) is 4.17. The molecule has 1 aromatic carbocycles. The number of rotatable bonds is 8. The Labute approximate surface area is 112 Å². The van der Waals surface area contributed by atoms with Crippen LogP contribution < -0.4 is 10.1 Å². The fourth-order valence-corrected chi connectivity index (χ4v) is 2.11. The smallest absolute Gasteiger partial charge is 0.119 e. The van der Waals surface area contributed by atoms with Gasteiger partial charge in [0.05, 0.1) is 6.61 Å². The Kier molecular flexibility index (Phi) is 6.81. The lowest BCUT2D eigenvalue weighted by Gasteiger charge is -2.16. The molecule has 2 unspecified atom stereocenters. The highest BCUT2D eigenvalue weighted by Gasteiger charge is 2.06. The van der Waals surface area contributed by atoms with Gasteiger partial charge in [0.2, 0.25) is 0 Å². The van der Waals surface area contributed by atoms with Crippen LogP contribution in [0.5, 0.6) is 5.75 Å². The summed E-state index contributed by atoms with van der Waals surface area (Å²) in [5.41, 5.74) is 1.29. The standard InChI is InChI=1S/C16H27NO/c1-5-8-13(3)12-18-16-10-7-9-15(11-16)14(4)17-6-2/h7,9-11,13-14,17H,5-6,8,12H2,1-4H3. The van der Waals surface area contributed by atoms with Gasteiger partial charge in [-0.05, 0) is 43.5 Å². The minimum Gasteiger partial charge on any atom is -0.493 e. The highest BCUT2D eigenvalue weighted by Crippen LogP contribution is 2.20. The molecule has 0 saturated carbocycles. The van der Waals surface area contributed by atoms with Gasteiger partial charge in [-0.15, -0.1) is 0 Å². The fraction of sp³-hybridized carbons (Fsp3) is 0.625. The first kappa shape index (κ1) is 15.0. The highest BCUT2D eigenvalue weighted by molar-refractivity contribution is 5.30. The quantitative estimate of drug-likeness (QED) is 0.746. The molecule has 0 aliphatic carbocycles. The molecule has 0 fully saturated rings. The van der Waals surface area contributed by atoms with E-state index < -0.39 is 0 Å². The zero-order valence-corrected chi connectivity index (χ0v) is 12.2. The van der Waals surface area contributed by atoms with Crippen LogP contribution >= 0.6 is 0 Å². The Bertz CT molecular complexity index is 338. The molecule has 0 aliphatic heterocycles. The van der Waals surface area contributed by atoms with E-state index in [0.29, 0.717) is 12.0 Å². The minimum absolute atomic E-state index is 0.381. The molecule has 0 spiro atoms. The van der Waals surface area contributed by atoms with E-state index in [1.807, 2.05) is 6.07 Å². The van der Waals surface area contributed by atoms with Crippen molar-refractivity contribution in [3.05, 3.63) is 29.8 Å². The summed E-state index contributed by atoms with van der Waals surface area (Å²) < 4.78 is 5.86. The van der Waals surface area contributed by atoms with Crippen LogP contribution in [0, 0.1) is 5.92 Å². The molecule has 18 heavy (non-hydrogen) atoms. The topological polar surface area (TPSA) is 21.3 Å². The van der Waals surface area contributed by atoms with E-state index in [1.54, 1.807) is 0 Å². The zero-order chi connectivity index (χ0) is 13.4. The number of ether oxygens (including phenoxy) is 1. The third-order valence-corrected chi connectivity index (χ3v) is 3.18. The predicted molar refractivity (Wildman–Crippen MR) is 78.1 cm³/mol. The van der Waals surface area contributed by atoms with Crippen molar-refractivity contribution in [3.63, 3.8) is 0 Å². The van der Waals surface area contributed by atoms with Crippen molar-refractivity contribution in [2.75, 3.05) is 13.2 Å². The summed E-state index contributed by atoms with van der Waals surface area (Å²) in [6, 6.07) is 8.79. The highest BCUT2D eigenvalue weighted by atomic mass is 16.5. The van der Waals surface area contributed by atoms with Crippen molar-refractivity contribution in [2.45, 2.75) is 46.6 Å². The van der Waals surface area contributed by atoms with Crippen molar-refractivity contribution in [1.82, 2.24) is 5.32 Å². The van der Waals surface area contributed by atoms with Gasteiger partial charge in [0.25, 0.3) is 0 Å². The third-order valence-electron chi connectivity index (χ3n) is 3.18. The summed E-state index contributed by atoms with van der Waals surface area (Å²) in [4.78, 5) is 0. The Morgan fingerprint density at radius 1 is 1.22 bits per heavy atom. The van der Waals surface area contributed by atoms with Gasteiger partial charge in [-0.3, -0.25) is 0 Å². The van der Waals surface area contributed by atoms with Crippen LogP contribution in [0.3, 0.4) is 0 Å². The van der Waals surface area contributed by atoms with Crippen LogP contribution in [0.2, 0.25) is 0 Å². The van der Waals surface area contributed by atoms with Gasteiger partial charge in [0.1, 0.15) is 5.75 Å². The van der Waals surface area contributed by atoms with E-state index in [9.17, 15) is 0 Å². The van der Waals surface area contributed by atoms with Crippen LogP contribution in [-0.4, -0.2) is 13.2 Å². The number of hydrogen-bond acceptors (Lipinski definition) is 2. The monoisotopic (exact) mass is 249 g/mol. The summed E-state index contributed by atoms with van der Waals surface area (Å²) in [6.45, 7) is 10.6. The maximum Gasteiger partial charge on any atom is 0.119 e. The van der Waals surface area contributed by atoms with Gasteiger partial charge in [-0.2, -0.15) is 0 Å². The van der Waals surface area contributed by atoms with E-state index in [1.165, 1.54) is 18.4 Å². The Hall–Kier alpha value is -1.02. The van der Waals surface area contributed by atoms with Crippen LogP contribution in [0.4, 0.5) is 0 Å². The average Bonchev–Trinajstić information content (AvgIpc) is 2.37. The van der Waals surface area contributed by atoms with Crippen molar-refractivity contribution in [2.24, 2.45) is 5.92 Å². The first-order valence-electron chi connectivity index (χ1n) is 7.13. The molecular formula is C16H27NO. The summed E-state index contributed by atoms with van der Waals surface area (Å²) in [5, 5.41) is 3.42. The second-order valence-corrected chi connectivity index (χ2v) is 5.06. The molecular weight excluding hydrogens is 222 g/mol. The molecule has 1 aromatic rings. The Morgan fingerprint density at radius 3 is 2.67 bits per heavy atom. The minimum atomic E-state index is 0.381. The van der Waals surface area contributed by atoms with Crippen molar-refractivity contribution in [1.29, 1.82) is 0 Å². The van der Waals surface area contributed by atoms with Crippen molar-refractivity contribution >= 4 is 0 Å². The molecule has 2 atom stereocenters. The number of benzene rings is 1. The van der Waals surface area contributed by atoms with Crippen molar-refractivity contribution in [3.8, 4) is 5.75 Å². The lowest BCUT2D eigenvalue weighted by molar-refractivity contribution is 0.251. The largest absolute Gasteiger partial charge is 0.493 e. The van der Waals surface area contributed by atoms with E-state index in [2.05, 4.69) is 51.2 Å². The molecule has 1 N–H and O–H groups in total. The lowest BCUT2D eigenvalue weighted by atomic mass is 10.1. The summed E-state index contributed by atoms with van der Waals surface area (Å²) in [5.74, 6) is 1.62. The van der Waals surface area contributed by atoms with E-state index >= 15 is 0 Å². The lowest BCUT2D eigenvalue weighted by Crippen LogP contribution is -2.17. The molecule has 0 bridgehead atoms. The Balaban J connectivity index is 2.54. The van der Waals surface area contributed by atoms with Gasteiger partial charge < -0.3 is 10.1 Å². The normalized spacial score (nSPS) is 14.2. The number of nitrogens with one attached hydrogen (secondary N) is 1. The molecule has 0 aromatic heterocycles. The second kappa shape index (κ2) is 8.15. The van der Waals surface area contributed by atoms with E-state index in [4.69, 9.17) is 4.74 Å². The summed E-state index contributed by atoms with van der Waals surface area (Å²) in [7, 11) is 0. The summed E-state index contributed by atoms with van der Waals surface area (Å²) >= 11 is 0. The van der Waals surface area contributed by atoms with E-state index in [0.717, 1.165) is 18.9 Å². The SMILES string of the molecule is CCCC(C)COc1cccc(C(C)NCC)c1. The molecule has 102 valence electrons. The average molecular weight is 249 g/mol. The maximum absolute atomic E-state index is 5.86. The molecule has 0 heterocycles. The summed E-state index contributed by atoms with van der Waals surface area (Å²) in [6.07, 6.45) is 2.45. The van der Waals surface area contributed by atoms with Crippen molar-refractivity contribution < 1.29 is 4.74 Å². The van der Waals surface area contributed by atoms with Crippen LogP contribution in [0.1, 0.15) is 52.1 Å². The second-order valence-electron chi connectivity index (χ2n) is 5.06. The van der Waals surface area contributed by atoms with E-state index in [-0.39, 0.29) is 0 Å². The Morgan fingerprint density at radius 2 is 2.00 bits per heavy atom. The van der Waals surface area contributed by atoms with Gasteiger partial charge in [0, 0.05) is 6.04 Å². The molecule has 0 amide bonds. The molecule has 2 heteroatoms. The maximum atomic E-state index is 5.86. The zero-order valence-electron chi connectivity index (χ0n) is 12.2. The first-order valence-corrected chi connectivity index (χ1v) is 7.13. The third kappa shape index (κ3) is 5.09. The molecule has 1 rings (SSSR count). The van der Waals surface area contributed by atoms with Crippen LogP contribution in [0.15, 0.2) is 24.3 Å². The fourth-order valence-electron chi connectivity index (χ4n) is 2.11. The van der Waals surface area contributed by atoms with Gasteiger partial charge in [0.15, 0.2) is 0 Å². The molecule has 2 nitrogen and oxygen atoms in total. The van der Waals surface area contributed by atoms with Crippen LogP contribution in [0.25, 0.3) is 0 Å². The number of hydrogen-bond donors (Lipinski definition) is 1. The van der Waals surface area contributed by atoms with Gasteiger partial charge >= 0.3 is 0 Å². The first-order chi connectivity index (χ1) is 8.67. The van der Waals surface area contributed by atoms with Gasteiger partial charge in [-0.25, -0.2) is 0 Å². The molecule has 0 aliphatic rings. The molecule has 0 saturated heterocycles.